The van der Waals surface area contributed by atoms with Crippen LogP contribution in [0.2, 0.25) is 0 Å². The van der Waals surface area contributed by atoms with Crippen LogP contribution in [0.5, 0.6) is 0 Å². The first kappa shape index (κ1) is 16.1. The van der Waals surface area contributed by atoms with E-state index in [1.165, 1.54) is 29.3 Å². The molecule has 0 radical (unpaired) electrons. The highest BCUT2D eigenvalue weighted by atomic mass is 15.3. The molecule has 0 atom stereocenters. The second-order valence-electron chi connectivity index (χ2n) is 8.05. The number of hydrogen-bond donors (Lipinski definition) is 1. The van der Waals surface area contributed by atoms with Crippen molar-refractivity contribution in [1.82, 2.24) is 19.7 Å². The molecule has 0 bridgehead atoms. The summed E-state index contributed by atoms with van der Waals surface area (Å²) in [4.78, 5) is 9.76. The number of piperazine rings is 1. The van der Waals surface area contributed by atoms with Gasteiger partial charge in [0.05, 0.1) is 28.7 Å². The van der Waals surface area contributed by atoms with Gasteiger partial charge in [0.1, 0.15) is 5.82 Å². The molecule has 0 aromatic carbocycles. The molecule has 2 aromatic heterocycles. The molecule has 4 heterocycles. The molecule has 2 fully saturated rings. The highest BCUT2D eigenvalue weighted by Crippen LogP contribution is 2.48. The predicted molar refractivity (Wildman–Crippen MR) is 104 cm³/mol. The van der Waals surface area contributed by atoms with E-state index in [1.54, 1.807) is 0 Å². The topological polar surface area (TPSA) is 49.2 Å². The van der Waals surface area contributed by atoms with E-state index in [-0.39, 0.29) is 5.41 Å². The average molecular weight is 352 g/mol. The zero-order valence-corrected chi connectivity index (χ0v) is 15.6. The van der Waals surface area contributed by atoms with Gasteiger partial charge in [-0.15, -0.1) is 0 Å². The number of pyridine rings is 1. The maximum atomic E-state index is 4.94. The molecule has 6 heteroatoms. The van der Waals surface area contributed by atoms with Gasteiger partial charge in [-0.25, -0.2) is 4.68 Å². The lowest BCUT2D eigenvalue weighted by atomic mass is 9.64. The maximum Gasteiger partial charge on any atom is 0.124 e. The van der Waals surface area contributed by atoms with E-state index in [4.69, 9.17) is 10.1 Å². The van der Waals surface area contributed by atoms with Crippen molar-refractivity contribution >= 4 is 11.5 Å². The molecular weight excluding hydrogens is 324 g/mol. The molecule has 1 aliphatic carbocycles. The van der Waals surface area contributed by atoms with E-state index in [2.05, 4.69) is 51.2 Å². The fourth-order valence-electron chi connectivity index (χ4n) is 4.50. The molecule has 0 spiro atoms. The Morgan fingerprint density at radius 1 is 1.00 bits per heavy atom. The second-order valence-corrected chi connectivity index (χ2v) is 8.05. The van der Waals surface area contributed by atoms with Gasteiger partial charge in [-0.2, -0.15) is 5.10 Å². The Labute approximate surface area is 155 Å². The van der Waals surface area contributed by atoms with Crippen LogP contribution in [-0.4, -0.2) is 59.4 Å². The van der Waals surface area contributed by atoms with Crippen molar-refractivity contribution < 1.29 is 0 Å². The normalized spacial score (nSPS) is 22.4. The number of fused-ring (bicyclic) bond motifs is 1. The van der Waals surface area contributed by atoms with Gasteiger partial charge in [-0.05, 0) is 38.4 Å². The number of rotatable bonds is 3. The van der Waals surface area contributed by atoms with Gasteiger partial charge in [0.25, 0.3) is 0 Å². The van der Waals surface area contributed by atoms with Gasteiger partial charge < -0.3 is 15.1 Å². The Kier molecular flexibility index (Phi) is 3.89. The molecule has 1 saturated carbocycles. The highest BCUT2D eigenvalue weighted by molar-refractivity contribution is 5.49. The molecule has 0 unspecified atom stereocenters. The molecule has 1 N–H and O–H groups in total. The van der Waals surface area contributed by atoms with E-state index < -0.39 is 0 Å². The molecule has 6 nitrogen and oxygen atoms in total. The third-order valence-corrected chi connectivity index (χ3v) is 6.44. The first-order valence-corrected chi connectivity index (χ1v) is 9.97. The van der Waals surface area contributed by atoms with Gasteiger partial charge in [-0.1, -0.05) is 6.42 Å². The van der Waals surface area contributed by atoms with Gasteiger partial charge in [0.15, 0.2) is 0 Å². The van der Waals surface area contributed by atoms with Crippen molar-refractivity contribution in [3.05, 3.63) is 35.8 Å². The fraction of sp³-hybridized carbons (Fsp3) is 0.600. The van der Waals surface area contributed by atoms with Gasteiger partial charge in [0, 0.05) is 45.3 Å². The summed E-state index contributed by atoms with van der Waals surface area (Å²) in [5, 5.41) is 8.42. The van der Waals surface area contributed by atoms with Crippen molar-refractivity contribution in [2.24, 2.45) is 0 Å². The summed E-state index contributed by atoms with van der Waals surface area (Å²) in [7, 11) is 2.19. The lowest BCUT2D eigenvalue weighted by Crippen LogP contribution is -2.44. The Morgan fingerprint density at radius 2 is 1.85 bits per heavy atom. The number of nitrogens with one attached hydrogen (secondary N) is 1. The number of nitrogens with zero attached hydrogens (tertiary/aromatic N) is 5. The van der Waals surface area contributed by atoms with E-state index >= 15 is 0 Å². The summed E-state index contributed by atoms with van der Waals surface area (Å²) in [6.45, 7) is 6.49. The van der Waals surface area contributed by atoms with Crippen LogP contribution in [0.3, 0.4) is 0 Å². The Hall–Kier alpha value is -2.08. The molecular formula is C20H28N6. The first-order valence-electron chi connectivity index (χ1n) is 9.97. The minimum absolute atomic E-state index is 0.0205. The zero-order valence-electron chi connectivity index (χ0n) is 15.6. The van der Waals surface area contributed by atoms with Crippen LogP contribution in [0.15, 0.2) is 24.4 Å². The summed E-state index contributed by atoms with van der Waals surface area (Å²) >= 11 is 0. The maximum absolute atomic E-state index is 4.94. The number of aryl methyl sites for hydroxylation is 1. The molecule has 1 saturated heterocycles. The number of aromatic nitrogens is 3. The van der Waals surface area contributed by atoms with Crippen molar-refractivity contribution in [3.63, 3.8) is 0 Å². The van der Waals surface area contributed by atoms with Crippen molar-refractivity contribution in [2.45, 2.75) is 37.6 Å². The minimum atomic E-state index is 0.0205. The van der Waals surface area contributed by atoms with Gasteiger partial charge in [0.2, 0.25) is 0 Å². The molecule has 26 heavy (non-hydrogen) atoms. The van der Waals surface area contributed by atoms with E-state index in [9.17, 15) is 0 Å². The van der Waals surface area contributed by atoms with E-state index in [0.29, 0.717) is 0 Å². The minimum Gasteiger partial charge on any atom is -0.370 e. The Balaban J connectivity index is 1.41. The molecule has 3 aliphatic rings. The summed E-state index contributed by atoms with van der Waals surface area (Å²) in [6.07, 6.45) is 6.81. The van der Waals surface area contributed by atoms with Crippen LogP contribution in [0.25, 0.3) is 0 Å². The lowest BCUT2D eigenvalue weighted by molar-refractivity contribution is 0.283. The third kappa shape index (κ3) is 2.58. The zero-order chi connectivity index (χ0) is 17.6. The van der Waals surface area contributed by atoms with Crippen LogP contribution >= 0.6 is 0 Å². The molecule has 0 amide bonds. The second kappa shape index (κ2) is 6.27. The largest absolute Gasteiger partial charge is 0.370 e. The van der Waals surface area contributed by atoms with Crippen LogP contribution in [0.1, 0.15) is 37.1 Å². The summed E-state index contributed by atoms with van der Waals surface area (Å²) in [5.74, 6) is 1.17. The lowest BCUT2D eigenvalue weighted by Gasteiger charge is -2.40. The van der Waals surface area contributed by atoms with Crippen LogP contribution in [0.4, 0.5) is 11.5 Å². The Morgan fingerprint density at radius 3 is 2.50 bits per heavy atom. The SMILES string of the molecule is CN1CCN(c2ccc(C3(c4cc5n(n4)CCCN5)CCC3)nc2)CC1. The van der Waals surface area contributed by atoms with Crippen LogP contribution < -0.4 is 10.2 Å². The van der Waals surface area contributed by atoms with Crippen molar-refractivity contribution in [1.29, 1.82) is 0 Å². The number of hydrogen-bond acceptors (Lipinski definition) is 5. The standard InChI is InChI=1S/C20H28N6/c1-24-10-12-25(13-11-24)16-4-5-17(22-15-16)20(6-2-7-20)18-14-19-21-8-3-9-26(19)23-18/h4-5,14-15,21H,2-3,6-13H2,1H3. The molecule has 2 aromatic rings. The smallest absolute Gasteiger partial charge is 0.124 e. The Bertz CT molecular complexity index is 745. The number of anilines is 2. The first-order chi connectivity index (χ1) is 12.7. The van der Waals surface area contributed by atoms with E-state index in [0.717, 1.165) is 58.5 Å². The van der Waals surface area contributed by atoms with Crippen LogP contribution in [0, 0.1) is 0 Å². The average Bonchev–Trinajstić information content (AvgIpc) is 3.06. The monoisotopic (exact) mass is 352 g/mol. The van der Waals surface area contributed by atoms with Crippen molar-refractivity contribution in [3.8, 4) is 0 Å². The summed E-state index contributed by atoms with van der Waals surface area (Å²) in [6, 6.07) is 6.77. The summed E-state index contributed by atoms with van der Waals surface area (Å²) < 4.78 is 2.14. The third-order valence-electron chi connectivity index (χ3n) is 6.44. The molecule has 5 rings (SSSR count). The predicted octanol–water partition coefficient (Wildman–Crippen LogP) is 2.32. The van der Waals surface area contributed by atoms with Crippen molar-refractivity contribution in [2.75, 3.05) is 50.0 Å². The van der Waals surface area contributed by atoms with Gasteiger partial charge in [-0.3, -0.25) is 4.98 Å². The molecule has 2 aliphatic heterocycles. The van der Waals surface area contributed by atoms with E-state index in [1.807, 2.05) is 0 Å². The van der Waals surface area contributed by atoms with Gasteiger partial charge >= 0.3 is 0 Å². The van der Waals surface area contributed by atoms with Crippen LogP contribution in [-0.2, 0) is 12.0 Å². The summed E-state index contributed by atoms with van der Waals surface area (Å²) in [5.41, 5.74) is 3.67. The number of likely N-dealkylation sites (N-methyl/N-ethyl adjacent to an activating group) is 1. The molecule has 138 valence electrons. The highest BCUT2D eigenvalue weighted by Gasteiger charge is 2.44. The quantitative estimate of drug-likeness (QED) is 0.919. The fourth-order valence-corrected chi connectivity index (χ4v) is 4.50.